The van der Waals surface area contributed by atoms with Crippen LogP contribution in [0.2, 0.25) is 0 Å². The number of thiophene rings is 1. The standard InChI is InChI=1S/C14H22N2O3S2/c1-21(18,19)16-8-6-12(7-9-16)11-15-14(17)5-4-13-3-2-10-20-13/h2-3,10,12H,4-9,11H2,1H3,(H,15,17). The van der Waals surface area contributed by atoms with Gasteiger partial charge < -0.3 is 5.32 Å². The first-order valence-corrected chi connectivity index (χ1v) is 9.92. The van der Waals surface area contributed by atoms with Gasteiger partial charge in [0, 0.05) is 30.9 Å². The van der Waals surface area contributed by atoms with Crippen LogP contribution in [0, 0.1) is 5.92 Å². The first-order valence-electron chi connectivity index (χ1n) is 7.19. The molecule has 5 nitrogen and oxygen atoms in total. The molecule has 1 fully saturated rings. The summed E-state index contributed by atoms with van der Waals surface area (Å²) in [5.41, 5.74) is 0. The number of nitrogens with zero attached hydrogens (tertiary/aromatic N) is 1. The predicted molar refractivity (Wildman–Crippen MR) is 84.8 cm³/mol. The summed E-state index contributed by atoms with van der Waals surface area (Å²) in [6.07, 6.45) is 4.19. The topological polar surface area (TPSA) is 66.5 Å². The summed E-state index contributed by atoms with van der Waals surface area (Å²) in [5.74, 6) is 0.461. The van der Waals surface area contributed by atoms with Crippen molar-refractivity contribution in [3.05, 3.63) is 22.4 Å². The van der Waals surface area contributed by atoms with Gasteiger partial charge in [0.15, 0.2) is 0 Å². The summed E-state index contributed by atoms with van der Waals surface area (Å²) in [6.45, 7) is 1.78. The zero-order chi connectivity index (χ0) is 15.3. The summed E-state index contributed by atoms with van der Waals surface area (Å²) in [7, 11) is -3.07. The molecular weight excluding hydrogens is 308 g/mol. The Kier molecular flexibility index (Phi) is 5.78. The molecule has 0 unspecified atom stereocenters. The lowest BCUT2D eigenvalue weighted by Gasteiger charge is -2.30. The van der Waals surface area contributed by atoms with Gasteiger partial charge in [-0.2, -0.15) is 0 Å². The van der Waals surface area contributed by atoms with E-state index >= 15 is 0 Å². The van der Waals surface area contributed by atoms with E-state index in [4.69, 9.17) is 0 Å². The van der Waals surface area contributed by atoms with E-state index in [2.05, 4.69) is 5.32 Å². The molecule has 21 heavy (non-hydrogen) atoms. The van der Waals surface area contributed by atoms with Crippen molar-refractivity contribution >= 4 is 27.3 Å². The number of carbonyl (C=O) groups is 1. The first-order chi connectivity index (χ1) is 9.95. The van der Waals surface area contributed by atoms with Crippen LogP contribution in [0.4, 0.5) is 0 Å². The number of hydrogen-bond acceptors (Lipinski definition) is 4. The second-order valence-electron chi connectivity index (χ2n) is 5.49. The Morgan fingerprint density at radius 1 is 1.43 bits per heavy atom. The fourth-order valence-corrected chi connectivity index (χ4v) is 4.07. The van der Waals surface area contributed by atoms with E-state index in [-0.39, 0.29) is 5.91 Å². The van der Waals surface area contributed by atoms with E-state index in [1.54, 1.807) is 11.3 Å². The summed E-state index contributed by atoms with van der Waals surface area (Å²) >= 11 is 1.67. The van der Waals surface area contributed by atoms with Gasteiger partial charge in [-0.25, -0.2) is 12.7 Å². The molecule has 1 amide bonds. The van der Waals surface area contributed by atoms with Crippen LogP contribution in [0.25, 0.3) is 0 Å². The Bertz CT molecular complexity index is 547. The number of amides is 1. The van der Waals surface area contributed by atoms with E-state index < -0.39 is 10.0 Å². The van der Waals surface area contributed by atoms with Gasteiger partial charge in [-0.1, -0.05) is 6.07 Å². The van der Waals surface area contributed by atoms with Crippen molar-refractivity contribution in [2.24, 2.45) is 5.92 Å². The van der Waals surface area contributed by atoms with Crippen LogP contribution in [-0.4, -0.2) is 44.5 Å². The van der Waals surface area contributed by atoms with Gasteiger partial charge in [0.25, 0.3) is 0 Å². The maximum absolute atomic E-state index is 11.8. The van der Waals surface area contributed by atoms with E-state index in [1.165, 1.54) is 15.4 Å². The Morgan fingerprint density at radius 3 is 2.71 bits per heavy atom. The number of piperidine rings is 1. The zero-order valence-corrected chi connectivity index (χ0v) is 13.9. The molecule has 0 aliphatic carbocycles. The van der Waals surface area contributed by atoms with Gasteiger partial charge in [0.2, 0.25) is 15.9 Å². The van der Waals surface area contributed by atoms with Crippen LogP contribution < -0.4 is 5.32 Å². The monoisotopic (exact) mass is 330 g/mol. The number of aryl methyl sites for hydroxylation is 1. The quantitative estimate of drug-likeness (QED) is 0.859. The Morgan fingerprint density at radius 2 is 2.14 bits per heavy atom. The van der Waals surface area contributed by atoms with E-state index in [0.29, 0.717) is 32.0 Å². The van der Waals surface area contributed by atoms with Crippen LogP contribution in [0.1, 0.15) is 24.1 Å². The average Bonchev–Trinajstić information content (AvgIpc) is 2.95. The summed E-state index contributed by atoms with van der Waals surface area (Å²) in [4.78, 5) is 13.0. The maximum atomic E-state index is 11.8. The SMILES string of the molecule is CS(=O)(=O)N1CCC(CNC(=O)CCc2cccs2)CC1. The van der Waals surface area contributed by atoms with E-state index in [9.17, 15) is 13.2 Å². The second-order valence-corrected chi connectivity index (χ2v) is 8.50. The van der Waals surface area contributed by atoms with Gasteiger partial charge in [0.1, 0.15) is 0 Å². The molecule has 0 aromatic carbocycles. The Hall–Kier alpha value is -0.920. The lowest BCUT2D eigenvalue weighted by Crippen LogP contribution is -2.41. The smallest absolute Gasteiger partial charge is 0.220 e. The molecule has 0 atom stereocenters. The molecule has 1 aromatic heterocycles. The van der Waals surface area contributed by atoms with Gasteiger partial charge >= 0.3 is 0 Å². The van der Waals surface area contributed by atoms with Gasteiger partial charge in [0.05, 0.1) is 6.26 Å². The van der Waals surface area contributed by atoms with Crippen molar-refractivity contribution in [1.82, 2.24) is 9.62 Å². The first kappa shape index (κ1) is 16.5. The molecule has 0 radical (unpaired) electrons. The number of sulfonamides is 1. The van der Waals surface area contributed by atoms with Crippen molar-refractivity contribution in [1.29, 1.82) is 0 Å². The van der Waals surface area contributed by atoms with Crippen LogP contribution >= 0.6 is 11.3 Å². The van der Waals surface area contributed by atoms with Crippen LogP contribution in [-0.2, 0) is 21.2 Å². The molecule has 1 saturated heterocycles. The minimum atomic E-state index is -3.07. The lowest BCUT2D eigenvalue weighted by molar-refractivity contribution is -0.121. The molecule has 2 rings (SSSR count). The molecule has 7 heteroatoms. The van der Waals surface area contributed by atoms with Crippen molar-refractivity contribution in [3.63, 3.8) is 0 Å². The van der Waals surface area contributed by atoms with Gasteiger partial charge in [-0.05, 0) is 36.6 Å². The molecule has 1 aliphatic rings. The highest BCUT2D eigenvalue weighted by molar-refractivity contribution is 7.88. The van der Waals surface area contributed by atoms with Crippen LogP contribution in [0.3, 0.4) is 0 Å². The molecule has 118 valence electrons. The minimum absolute atomic E-state index is 0.0777. The number of hydrogen-bond donors (Lipinski definition) is 1. The third kappa shape index (κ3) is 5.41. The minimum Gasteiger partial charge on any atom is -0.356 e. The molecule has 0 bridgehead atoms. The molecule has 2 heterocycles. The Labute approximate surface area is 130 Å². The number of carbonyl (C=O) groups excluding carboxylic acids is 1. The molecule has 0 spiro atoms. The number of nitrogens with one attached hydrogen (secondary N) is 1. The summed E-state index contributed by atoms with van der Waals surface area (Å²) in [5, 5.41) is 4.98. The highest BCUT2D eigenvalue weighted by atomic mass is 32.2. The van der Waals surface area contributed by atoms with E-state index in [0.717, 1.165) is 19.3 Å². The summed E-state index contributed by atoms with van der Waals surface area (Å²) in [6, 6.07) is 4.03. The fraction of sp³-hybridized carbons (Fsp3) is 0.643. The maximum Gasteiger partial charge on any atom is 0.220 e. The van der Waals surface area contributed by atoms with Gasteiger partial charge in [-0.3, -0.25) is 4.79 Å². The Balaban J connectivity index is 1.64. The fourth-order valence-electron chi connectivity index (χ4n) is 2.48. The highest BCUT2D eigenvalue weighted by Gasteiger charge is 2.24. The zero-order valence-electron chi connectivity index (χ0n) is 12.2. The van der Waals surface area contributed by atoms with E-state index in [1.807, 2.05) is 17.5 Å². The highest BCUT2D eigenvalue weighted by Crippen LogP contribution is 2.18. The summed E-state index contributed by atoms with van der Waals surface area (Å²) < 4.78 is 24.3. The molecule has 1 N–H and O–H groups in total. The van der Waals surface area contributed by atoms with Crippen LogP contribution in [0.5, 0.6) is 0 Å². The van der Waals surface area contributed by atoms with Crippen molar-refractivity contribution in [3.8, 4) is 0 Å². The third-order valence-corrected chi connectivity index (χ3v) is 6.05. The van der Waals surface area contributed by atoms with Crippen molar-refractivity contribution in [2.75, 3.05) is 25.9 Å². The van der Waals surface area contributed by atoms with Crippen LogP contribution in [0.15, 0.2) is 17.5 Å². The van der Waals surface area contributed by atoms with Crippen molar-refractivity contribution in [2.45, 2.75) is 25.7 Å². The van der Waals surface area contributed by atoms with Crippen molar-refractivity contribution < 1.29 is 13.2 Å². The molecular formula is C14H22N2O3S2. The van der Waals surface area contributed by atoms with Gasteiger partial charge in [-0.15, -0.1) is 11.3 Å². The lowest BCUT2D eigenvalue weighted by atomic mass is 9.98. The molecule has 1 aromatic rings. The molecule has 0 saturated carbocycles. The largest absolute Gasteiger partial charge is 0.356 e. The average molecular weight is 330 g/mol. The normalized spacial score (nSPS) is 17.8. The number of rotatable bonds is 6. The second kappa shape index (κ2) is 7.38. The predicted octanol–water partition coefficient (Wildman–Crippen LogP) is 1.47. The third-order valence-electron chi connectivity index (χ3n) is 3.81. The molecule has 1 aliphatic heterocycles.